The molecule has 0 aliphatic carbocycles. The van der Waals surface area contributed by atoms with Gasteiger partial charge in [-0.15, -0.1) is 22.7 Å². The Kier molecular flexibility index (Phi) is 5.62. The Morgan fingerprint density at radius 3 is 1.86 bits per heavy atom. The van der Waals surface area contributed by atoms with Gasteiger partial charge in [-0.25, -0.2) is 0 Å². The van der Waals surface area contributed by atoms with E-state index in [0.29, 0.717) is 0 Å². The molecule has 0 aliphatic rings. The zero-order valence-corrected chi connectivity index (χ0v) is 24.8. The zero-order chi connectivity index (χ0) is 28.3. The van der Waals surface area contributed by atoms with Gasteiger partial charge in [0.25, 0.3) is 0 Å². The first-order chi connectivity index (χ1) is 21.3. The van der Waals surface area contributed by atoms with E-state index < -0.39 is 0 Å². The normalized spacial score (nSPS) is 11.7. The fraction of sp³-hybridized carbons (Fsp3) is 0. The fourth-order valence-corrected chi connectivity index (χ4v) is 8.64. The second-order valence-electron chi connectivity index (χ2n) is 11.0. The molecule has 2 heterocycles. The van der Waals surface area contributed by atoms with Gasteiger partial charge in [-0.2, -0.15) is 0 Å². The third kappa shape index (κ3) is 4.04. The molecule has 0 atom stereocenters. The maximum Gasteiger partial charge on any atom is 0.0554 e. The van der Waals surface area contributed by atoms with E-state index in [4.69, 9.17) is 0 Å². The fourth-order valence-electron chi connectivity index (χ4n) is 6.39. The van der Waals surface area contributed by atoms with Crippen LogP contribution >= 0.6 is 22.7 Å². The van der Waals surface area contributed by atoms with E-state index in [0.717, 1.165) is 11.4 Å². The van der Waals surface area contributed by atoms with Crippen molar-refractivity contribution < 1.29 is 0 Å². The molecule has 0 radical (unpaired) electrons. The van der Waals surface area contributed by atoms with E-state index in [1.807, 2.05) is 22.7 Å². The smallest absolute Gasteiger partial charge is 0.0554 e. The van der Waals surface area contributed by atoms with E-state index in [9.17, 15) is 0 Å². The Morgan fingerprint density at radius 2 is 1.00 bits per heavy atom. The summed E-state index contributed by atoms with van der Waals surface area (Å²) in [4.78, 5) is 2.44. The maximum atomic E-state index is 2.44. The lowest BCUT2D eigenvalue weighted by atomic mass is 10.0. The van der Waals surface area contributed by atoms with Gasteiger partial charge in [0.05, 0.1) is 5.69 Å². The van der Waals surface area contributed by atoms with Crippen molar-refractivity contribution >= 4 is 90.9 Å². The summed E-state index contributed by atoms with van der Waals surface area (Å²) < 4.78 is 5.26. The number of hydrogen-bond donors (Lipinski definition) is 0. The molecule has 9 rings (SSSR count). The molecule has 0 aliphatic heterocycles. The van der Waals surface area contributed by atoms with Crippen LogP contribution in [0.3, 0.4) is 0 Å². The van der Waals surface area contributed by atoms with Crippen molar-refractivity contribution in [2.75, 3.05) is 4.90 Å². The minimum absolute atomic E-state index is 1.15. The number of anilines is 3. The summed E-state index contributed by atoms with van der Waals surface area (Å²) >= 11 is 3.74. The third-order valence-electron chi connectivity index (χ3n) is 8.43. The van der Waals surface area contributed by atoms with Crippen LogP contribution in [0.5, 0.6) is 0 Å². The van der Waals surface area contributed by atoms with Crippen LogP contribution in [0.2, 0.25) is 0 Å². The average Bonchev–Trinajstić information content (AvgIpc) is 3.62. The average molecular weight is 584 g/mol. The van der Waals surface area contributed by atoms with Crippen molar-refractivity contribution in [1.29, 1.82) is 0 Å². The molecule has 0 N–H and O–H groups in total. The lowest BCUT2D eigenvalue weighted by Gasteiger charge is -2.27. The van der Waals surface area contributed by atoms with Gasteiger partial charge in [0.1, 0.15) is 0 Å². The second-order valence-corrected chi connectivity index (χ2v) is 13.1. The Hall–Kier alpha value is -4.96. The van der Waals surface area contributed by atoms with Gasteiger partial charge in [-0.3, -0.25) is 0 Å². The SMILES string of the molecule is c1ccc(-c2ccc(N(c3ccc4sc5cc6ccccc6cc5c4c3)c3cccc4sc5ccccc5c34)cc2)cc1. The van der Waals surface area contributed by atoms with Crippen molar-refractivity contribution in [1.82, 2.24) is 0 Å². The van der Waals surface area contributed by atoms with Crippen molar-refractivity contribution in [3.63, 3.8) is 0 Å². The van der Waals surface area contributed by atoms with Gasteiger partial charge >= 0.3 is 0 Å². The molecular weight excluding hydrogens is 559 g/mol. The molecular formula is C40H25NS2. The zero-order valence-electron chi connectivity index (χ0n) is 23.2. The van der Waals surface area contributed by atoms with Gasteiger partial charge in [-0.1, -0.05) is 91.0 Å². The molecule has 0 spiro atoms. The monoisotopic (exact) mass is 583 g/mol. The van der Waals surface area contributed by atoms with E-state index >= 15 is 0 Å². The summed E-state index contributed by atoms with van der Waals surface area (Å²) in [7, 11) is 0. The van der Waals surface area contributed by atoms with Crippen LogP contribution in [-0.2, 0) is 0 Å². The Morgan fingerprint density at radius 1 is 0.372 bits per heavy atom. The maximum absolute atomic E-state index is 2.44. The Bertz CT molecular complexity index is 2450. The first-order valence-electron chi connectivity index (χ1n) is 14.5. The highest BCUT2D eigenvalue weighted by Gasteiger charge is 2.19. The predicted molar refractivity (Wildman–Crippen MR) is 190 cm³/mol. The van der Waals surface area contributed by atoms with E-state index in [2.05, 4.69) is 157 Å². The lowest BCUT2D eigenvalue weighted by molar-refractivity contribution is 1.31. The van der Waals surface area contributed by atoms with Crippen LogP contribution in [-0.4, -0.2) is 0 Å². The topological polar surface area (TPSA) is 3.24 Å². The number of fused-ring (bicyclic) bond motifs is 7. The second kappa shape index (κ2) is 9.81. The summed E-state index contributed by atoms with van der Waals surface area (Å²) in [6, 6.07) is 55.5. The van der Waals surface area contributed by atoms with Crippen molar-refractivity contribution in [2.24, 2.45) is 0 Å². The van der Waals surface area contributed by atoms with Gasteiger partial charge in [-0.05, 0) is 82.6 Å². The summed E-state index contributed by atoms with van der Waals surface area (Å²) in [6.07, 6.45) is 0. The highest BCUT2D eigenvalue weighted by atomic mass is 32.1. The first-order valence-corrected chi connectivity index (χ1v) is 16.1. The minimum Gasteiger partial charge on any atom is -0.310 e. The molecule has 9 aromatic rings. The predicted octanol–water partition coefficient (Wildman–Crippen LogP) is 12.7. The molecule has 0 amide bonds. The van der Waals surface area contributed by atoms with Crippen LogP contribution in [0.1, 0.15) is 0 Å². The largest absolute Gasteiger partial charge is 0.310 e. The number of thiophene rings is 2. The molecule has 0 bridgehead atoms. The summed E-state index contributed by atoms with van der Waals surface area (Å²) in [6.45, 7) is 0. The Balaban J connectivity index is 1.29. The van der Waals surface area contributed by atoms with E-state index in [1.54, 1.807) is 0 Å². The summed E-state index contributed by atoms with van der Waals surface area (Å²) in [5.41, 5.74) is 5.95. The van der Waals surface area contributed by atoms with Crippen molar-refractivity contribution in [2.45, 2.75) is 0 Å². The highest BCUT2D eigenvalue weighted by Crippen LogP contribution is 2.46. The number of rotatable bonds is 4. The summed E-state index contributed by atoms with van der Waals surface area (Å²) in [5, 5.41) is 7.80. The van der Waals surface area contributed by atoms with Crippen LogP contribution < -0.4 is 4.90 Å². The molecule has 2 aromatic heterocycles. The number of hydrogen-bond acceptors (Lipinski definition) is 3. The molecule has 0 saturated carbocycles. The van der Waals surface area contributed by atoms with Crippen molar-refractivity contribution in [3.05, 3.63) is 152 Å². The van der Waals surface area contributed by atoms with Gasteiger partial charge < -0.3 is 4.90 Å². The quantitative estimate of drug-likeness (QED) is 0.199. The van der Waals surface area contributed by atoms with Crippen LogP contribution in [0.25, 0.3) is 62.2 Å². The lowest BCUT2D eigenvalue weighted by Crippen LogP contribution is -2.10. The summed E-state index contributed by atoms with van der Waals surface area (Å²) in [5.74, 6) is 0. The molecule has 3 heteroatoms. The Labute approximate surface area is 257 Å². The van der Waals surface area contributed by atoms with E-state index in [-0.39, 0.29) is 0 Å². The number of nitrogens with zero attached hydrogens (tertiary/aromatic N) is 1. The molecule has 43 heavy (non-hydrogen) atoms. The van der Waals surface area contributed by atoms with Crippen LogP contribution in [0.15, 0.2) is 152 Å². The number of benzene rings is 7. The minimum atomic E-state index is 1.15. The van der Waals surface area contributed by atoms with E-state index in [1.165, 1.54) is 67.9 Å². The van der Waals surface area contributed by atoms with Crippen LogP contribution in [0.4, 0.5) is 17.1 Å². The highest BCUT2D eigenvalue weighted by molar-refractivity contribution is 7.26. The molecule has 0 fully saturated rings. The van der Waals surface area contributed by atoms with Crippen LogP contribution in [0, 0.1) is 0 Å². The molecule has 0 unspecified atom stereocenters. The molecule has 7 aromatic carbocycles. The van der Waals surface area contributed by atoms with Crippen molar-refractivity contribution in [3.8, 4) is 11.1 Å². The molecule has 202 valence electrons. The molecule has 0 saturated heterocycles. The first kappa shape index (κ1) is 24.6. The molecule has 1 nitrogen and oxygen atoms in total. The van der Waals surface area contributed by atoms with Gasteiger partial charge in [0.15, 0.2) is 0 Å². The van der Waals surface area contributed by atoms with Gasteiger partial charge in [0, 0.05) is 51.7 Å². The third-order valence-corrected chi connectivity index (χ3v) is 10.7. The van der Waals surface area contributed by atoms with Gasteiger partial charge in [0.2, 0.25) is 0 Å². The standard InChI is InChI=1S/C40H25NS2/c1-2-9-26(10-3-1)27-17-19-30(20-18-27)41(35-14-8-16-38-40(35)32-13-6-7-15-36(32)42-38)31-21-22-37-34(25-31)33-23-28-11-4-5-12-29(28)24-39(33)43-37/h1-25H.